The summed E-state index contributed by atoms with van der Waals surface area (Å²) in [7, 11) is -3.49. The molecule has 1 aromatic carbocycles. The SMILES string of the molecule is CCC1CCCCN1C(=O)c1ccc(S(=O)(=O)N2CCCCC2C)cc1. The van der Waals surface area contributed by atoms with Gasteiger partial charge in [0, 0.05) is 30.7 Å². The minimum absolute atomic E-state index is 0.0202. The maximum atomic E-state index is 12.9. The Hall–Kier alpha value is -1.40. The maximum Gasteiger partial charge on any atom is 0.254 e. The van der Waals surface area contributed by atoms with Crippen molar-refractivity contribution in [3.8, 4) is 0 Å². The van der Waals surface area contributed by atoms with Crippen molar-refractivity contribution >= 4 is 15.9 Å². The van der Waals surface area contributed by atoms with Crippen LogP contribution in [0.1, 0.15) is 69.2 Å². The fourth-order valence-electron chi connectivity index (χ4n) is 4.19. The predicted octanol–water partition coefficient (Wildman–Crippen LogP) is 3.65. The number of amides is 1. The van der Waals surface area contributed by atoms with E-state index in [1.54, 1.807) is 28.6 Å². The molecule has 2 unspecified atom stereocenters. The van der Waals surface area contributed by atoms with Crippen molar-refractivity contribution in [1.29, 1.82) is 0 Å². The molecule has 2 saturated heterocycles. The van der Waals surface area contributed by atoms with E-state index in [9.17, 15) is 13.2 Å². The van der Waals surface area contributed by atoms with Gasteiger partial charge in [0.05, 0.1) is 4.90 Å². The van der Waals surface area contributed by atoms with Gasteiger partial charge in [-0.1, -0.05) is 13.3 Å². The van der Waals surface area contributed by atoms with Crippen LogP contribution in [0.25, 0.3) is 0 Å². The second kappa shape index (κ2) is 8.09. The Morgan fingerprint density at radius 3 is 2.35 bits per heavy atom. The topological polar surface area (TPSA) is 57.7 Å². The first kappa shape index (κ1) is 19.4. The minimum atomic E-state index is -3.49. The molecule has 144 valence electrons. The van der Waals surface area contributed by atoms with E-state index in [4.69, 9.17) is 0 Å². The van der Waals surface area contributed by atoms with Gasteiger partial charge in [-0.25, -0.2) is 8.42 Å². The Labute approximate surface area is 157 Å². The quantitative estimate of drug-likeness (QED) is 0.803. The molecule has 3 rings (SSSR count). The fraction of sp³-hybridized carbons (Fsp3) is 0.650. The first-order valence-electron chi connectivity index (χ1n) is 9.88. The second-order valence-electron chi connectivity index (χ2n) is 7.54. The van der Waals surface area contributed by atoms with Crippen LogP contribution in [-0.2, 0) is 10.0 Å². The highest BCUT2D eigenvalue weighted by Crippen LogP contribution is 2.26. The monoisotopic (exact) mass is 378 g/mol. The third-order valence-electron chi connectivity index (χ3n) is 5.81. The zero-order valence-electron chi connectivity index (χ0n) is 15.9. The molecule has 0 aromatic heterocycles. The van der Waals surface area contributed by atoms with E-state index in [1.807, 2.05) is 11.8 Å². The van der Waals surface area contributed by atoms with Gasteiger partial charge >= 0.3 is 0 Å². The van der Waals surface area contributed by atoms with E-state index >= 15 is 0 Å². The van der Waals surface area contributed by atoms with Crippen molar-refractivity contribution in [2.24, 2.45) is 0 Å². The summed E-state index contributed by atoms with van der Waals surface area (Å²) < 4.78 is 27.4. The lowest BCUT2D eigenvalue weighted by Crippen LogP contribution is -2.43. The zero-order chi connectivity index (χ0) is 18.7. The molecule has 0 spiro atoms. The van der Waals surface area contributed by atoms with Crippen LogP contribution in [0.5, 0.6) is 0 Å². The summed E-state index contributed by atoms with van der Waals surface area (Å²) in [5.74, 6) is 0.0202. The number of nitrogens with zero attached hydrogens (tertiary/aromatic N) is 2. The number of sulfonamides is 1. The Balaban J connectivity index is 1.78. The van der Waals surface area contributed by atoms with Crippen LogP contribution in [0.4, 0.5) is 0 Å². The molecule has 0 aliphatic carbocycles. The molecule has 1 aromatic rings. The molecule has 1 amide bonds. The van der Waals surface area contributed by atoms with E-state index in [0.29, 0.717) is 18.2 Å². The van der Waals surface area contributed by atoms with E-state index in [2.05, 4.69) is 6.92 Å². The van der Waals surface area contributed by atoms with Gasteiger partial charge in [0.1, 0.15) is 0 Å². The molecule has 2 atom stereocenters. The molecule has 0 bridgehead atoms. The summed E-state index contributed by atoms with van der Waals surface area (Å²) in [4.78, 5) is 15.1. The highest BCUT2D eigenvalue weighted by atomic mass is 32.2. The normalized spacial score (nSPS) is 25.2. The van der Waals surface area contributed by atoms with Crippen LogP contribution in [0.2, 0.25) is 0 Å². The van der Waals surface area contributed by atoms with Gasteiger partial charge in [-0.2, -0.15) is 4.31 Å². The predicted molar refractivity (Wildman–Crippen MR) is 103 cm³/mol. The molecule has 6 heteroatoms. The summed E-state index contributed by atoms with van der Waals surface area (Å²) in [6.45, 7) is 5.46. The minimum Gasteiger partial charge on any atom is -0.336 e. The first-order valence-corrected chi connectivity index (χ1v) is 11.3. The van der Waals surface area contributed by atoms with Gasteiger partial charge in [0.25, 0.3) is 5.91 Å². The van der Waals surface area contributed by atoms with Crippen molar-refractivity contribution < 1.29 is 13.2 Å². The third kappa shape index (κ3) is 3.81. The lowest BCUT2D eigenvalue weighted by atomic mass is 9.99. The molecule has 2 aliphatic heterocycles. The number of hydrogen-bond donors (Lipinski definition) is 0. The number of likely N-dealkylation sites (tertiary alicyclic amines) is 1. The fourth-order valence-corrected chi connectivity index (χ4v) is 5.89. The zero-order valence-corrected chi connectivity index (χ0v) is 16.7. The van der Waals surface area contributed by atoms with Crippen molar-refractivity contribution in [1.82, 2.24) is 9.21 Å². The second-order valence-corrected chi connectivity index (χ2v) is 9.43. The Bertz CT molecular complexity index is 730. The van der Waals surface area contributed by atoms with E-state index in [-0.39, 0.29) is 16.8 Å². The molecule has 26 heavy (non-hydrogen) atoms. The number of rotatable bonds is 4. The van der Waals surface area contributed by atoms with Crippen molar-refractivity contribution in [2.45, 2.75) is 75.8 Å². The van der Waals surface area contributed by atoms with Gasteiger partial charge in [0.2, 0.25) is 10.0 Å². The van der Waals surface area contributed by atoms with E-state index < -0.39 is 10.0 Å². The van der Waals surface area contributed by atoms with Crippen LogP contribution in [0.15, 0.2) is 29.2 Å². The maximum absolute atomic E-state index is 12.9. The molecule has 0 N–H and O–H groups in total. The van der Waals surface area contributed by atoms with Crippen LogP contribution in [0.3, 0.4) is 0 Å². The highest BCUT2D eigenvalue weighted by Gasteiger charge is 2.31. The summed E-state index contributed by atoms with van der Waals surface area (Å²) in [5, 5.41) is 0. The lowest BCUT2D eigenvalue weighted by molar-refractivity contribution is 0.0608. The van der Waals surface area contributed by atoms with Crippen molar-refractivity contribution in [2.75, 3.05) is 13.1 Å². The van der Waals surface area contributed by atoms with Crippen LogP contribution >= 0.6 is 0 Å². The molecular weight excluding hydrogens is 348 g/mol. The molecule has 2 heterocycles. The average Bonchev–Trinajstić information content (AvgIpc) is 2.67. The average molecular weight is 379 g/mol. The largest absolute Gasteiger partial charge is 0.336 e. The molecule has 2 aliphatic rings. The number of carbonyl (C=O) groups excluding carboxylic acids is 1. The molecule has 5 nitrogen and oxygen atoms in total. The summed E-state index contributed by atoms with van der Waals surface area (Å²) in [5.41, 5.74) is 0.580. The standard InChI is InChI=1S/C20H30N2O3S/c1-3-18-9-5-6-14-21(18)20(23)17-10-12-19(13-11-17)26(24,25)22-15-7-4-8-16(22)2/h10-13,16,18H,3-9,14-15H2,1-2H3. The number of benzene rings is 1. The molecule has 0 saturated carbocycles. The molecule has 0 radical (unpaired) electrons. The van der Waals surface area contributed by atoms with Crippen molar-refractivity contribution in [3.63, 3.8) is 0 Å². The van der Waals surface area contributed by atoms with Crippen molar-refractivity contribution in [3.05, 3.63) is 29.8 Å². The lowest BCUT2D eigenvalue weighted by Gasteiger charge is -2.35. The Kier molecular flexibility index (Phi) is 6.03. The molecule has 2 fully saturated rings. The van der Waals surface area contributed by atoms with Gasteiger partial charge in [-0.3, -0.25) is 4.79 Å². The number of piperidine rings is 2. The number of carbonyl (C=O) groups is 1. The Morgan fingerprint density at radius 2 is 1.69 bits per heavy atom. The Morgan fingerprint density at radius 1 is 1.04 bits per heavy atom. The summed E-state index contributed by atoms with van der Waals surface area (Å²) in [6.07, 6.45) is 7.13. The first-order chi connectivity index (χ1) is 12.4. The summed E-state index contributed by atoms with van der Waals surface area (Å²) >= 11 is 0. The molecular formula is C20H30N2O3S. The number of hydrogen-bond acceptors (Lipinski definition) is 3. The van der Waals surface area contributed by atoms with Gasteiger partial charge in [-0.05, 0) is 69.7 Å². The van der Waals surface area contributed by atoms with Gasteiger partial charge < -0.3 is 4.90 Å². The van der Waals surface area contributed by atoms with Crippen LogP contribution < -0.4 is 0 Å². The van der Waals surface area contributed by atoms with Crippen LogP contribution in [-0.4, -0.2) is 48.7 Å². The van der Waals surface area contributed by atoms with Gasteiger partial charge in [0.15, 0.2) is 0 Å². The highest BCUT2D eigenvalue weighted by molar-refractivity contribution is 7.89. The van der Waals surface area contributed by atoms with Crippen LogP contribution in [0, 0.1) is 0 Å². The summed E-state index contributed by atoms with van der Waals surface area (Å²) in [6, 6.07) is 6.86. The van der Waals surface area contributed by atoms with E-state index in [1.165, 1.54) is 6.42 Å². The van der Waals surface area contributed by atoms with Gasteiger partial charge in [-0.15, -0.1) is 0 Å². The van der Waals surface area contributed by atoms with E-state index in [0.717, 1.165) is 45.1 Å². The third-order valence-corrected chi connectivity index (χ3v) is 7.84. The smallest absolute Gasteiger partial charge is 0.254 e.